The third kappa shape index (κ3) is 1.99. The lowest BCUT2D eigenvalue weighted by atomic mass is 10.2. The Morgan fingerprint density at radius 3 is 2.58 bits per heavy atom. The summed E-state index contributed by atoms with van der Waals surface area (Å²) in [7, 11) is 0. The van der Waals surface area contributed by atoms with Crippen LogP contribution in [0.15, 0.2) is 46.9 Å². The second-order valence-corrected chi connectivity index (χ2v) is 3.98. The number of fused-ring (bicyclic) bond motifs is 1. The van der Waals surface area contributed by atoms with Crippen LogP contribution in [0.4, 0.5) is 5.69 Å². The van der Waals surface area contributed by atoms with E-state index in [9.17, 15) is 15.2 Å². The van der Waals surface area contributed by atoms with Gasteiger partial charge in [0.2, 0.25) is 5.89 Å². The average Bonchev–Trinajstić information content (AvgIpc) is 2.81. The lowest BCUT2D eigenvalue weighted by Gasteiger charge is -1.94. The fourth-order valence-corrected chi connectivity index (χ4v) is 1.76. The Morgan fingerprint density at radius 2 is 1.89 bits per heavy atom. The lowest BCUT2D eigenvalue weighted by Crippen LogP contribution is -1.87. The first-order valence-electron chi connectivity index (χ1n) is 5.48. The van der Waals surface area contributed by atoms with Crippen molar-refractivity contribution in [1.82, 2.24) is 4.98 Å². The molecule has 6 nitrogen and oxygen atoms in total. The fraction of sp³-hybridized carbons (Fsp3) is 0. The van der Waals surface area contributed by atoms with Crippen molar-refractivity contribution in [3.8, 4) is 17.2 Å². The molecular formula is C13H8N2O4. The zero-order chi connectivity index (χ0) is 13.4. The highest BCUT2D eigenvalue weighted by Crippen LogP contribution is 2.27. The summed E-state index contributed by atoms with van der Waals surface area (Å²) in [6.45, 7) is 0. The summed E-state index contributed by atoms with van der Waals surface area (Å²) in [5.74, 6) is 0.453. The van der Waals surface area contributed by atoms with Crippen molar-refractivity contribution in [2.24, 2.45) is 0 Å². The van der Waals surface area contributed by atoms with Crippen LogP contribution in [0, 0.1) is 10.1 Å². The molecule has 0 aliphatic heterocycles. The van der Waals surface area contributed by atoms with E-state index < -0.39 is 4.92 Å². The quantitative estimate of drug-likeness (QED) is 0.562. The third-order valence-corrected chi connectivity index (χ3v) is 2.70. The molecule has 0 fully saturated rings. The van der Waals surface area contributed by atoms with E-state index in [1.54, 1.807) is 18.2 Å². The smallest absolute Gasteiger partial charge is 0.269 e. The molecule has 1 N–H and O–H groups in total. The summed E-state index contributed by atoms with van der Waals surface area (Å²) in [6, 6.07) is 10.6. The molecule has 0 saturated heterocycles. The minimum Gasteiger partial charge on any atom is -0.508 e. The number of phenols is 1. The number of non-ortho nitro benzene ring substituents is 1. The maximum absolute atomic E-state index is 10.6. The molecule has 0 radical (unpaired) electrons. The Morgan fingerprint density at radius 1 is 1.16 bits per heavy atom. The van der Waals surface area contributed by atoms with Crippen LogP contribution in [0.2, 0.25) is 0 Å². The lowest BCUT2D eigenvalue weighted by molar-refractivity contribution is -0.384. The minimum atomic E-state index is -0.464. The van der Waals surface area contributed by atoms with Gasteiger partial charge in [0, 0.05) is 23.8 Å². The zero-order valence-electron chi connectivity index (χ0n) is 9.61. The molecule has 6 heteroatoms. The summed E-state index contributed by atoms with van der Waals surface area (Å²) >= 11 is 0. The normalized spacial score (nSPS) is 10.7. The van der Waals surface area contributed by atoms with Gasteiger partial charge in [-0.3, -0.25) is 10.1 Å². The van der Waals surface area contributed by atoms with E-state index in [1.165, 1.54) is 24.3 Å². The van der Waals surface area contributed by atoms with E-state index in [0.717, 1.165) is 0 Å². The number of hydrogen-bond acceptors (Lipinski definition) is 5. The Labute approximate surface area is 107 Å². The molecule has 0 unspecified atom stereocenters. The van der Waals surface area contributed by atoms with E-state index in [2.05, 4.69) is 4.98 Å². The highest BCUT2D eigenvalue weighted by atomic mass is 16.6. The predicted molar refractivity (Wildman–Crippen MR) is 67.8 cm³/mol. The topological polar surface area (TPSA) is 89.4 Å². The summed E-state index contributed by atoms with van der Waals surface area (Å²) in [5, 5.41) is 19.9. The monoisotopic (exact) mass is 256 g/mol. The first-order chi connectivity index (χ1) is 9.13. The van der Waals surface area contributed by atoms with Gasteiger partial charge in [-0.05, 0) is 24.3 Å². The van der Waals surface area contributed by atoms with Crippen molar-refractivity contribution in [3.05, 3.63) is 52.6 Å². The van der Waals surface area contributed by atoms with Crippen LogP contribution in [-0.4, -0.2) is 15.0 Å². The standard InChI is InChI=1S/C13H8N2O4/c16-10-5-6-11-12(7-10)19-13(14-11)8-1-3-9(4-2-8)15(17)18/h1-7,16H. The maximum Gasteiger partial charge on any atom is 0.269 e. The second-order valence-electron chi connectivity index (χ2n) is 3.98. The summed E-state index contributed by atoms with van der Waals surface area (Å²) in [4.78, 5) is 14.4. The van der Waals surface area contributed by atoms with Gasteiger partial charge in [-0.25, -0.2) is 4.98 Å². The number of nitro benzene ring substituents is 1. The Balaban J connectivity index is 2.06. The third-order valence-electron chi connectivity index (χ3n) is 2.70. The van der Waals surface area contributed by atoms with Crippen LogP contribution in [0.1, 0.15) is 0 Å². The van der Waals surface area contributed by atoms with Gasteiger partial charge in [0.25, 0.3) is 5.69 Å². The van der Waals surface area contributed by atoms with Gasteiger partial charge in [-0.1, -0.05) is 0 Å². The summed E-state index contributed by atoms with van der Waals surface area (Å²) in [5.41, 5.74) is 1.73. The average molecular weight is 256 g/mol. The van der Waals surface area contributed by atoms with Crippen molar-refractivity contribution in [1.29, 1.82) is 0 Å². The molecule has 19 heavy (non-hydrogen) atoms. The van der Waals surface area contributed by atoms with Crippen LogP contribution in [-0.2, 0) is 0 Å². The first kappa shape index (κ1) is 11.2. The largest absolute Gasteiger partial charge is 0.508 e. The van der Waals surface area contributed by atoms with Gasteiger partial charge >= 0.3 is 0 Å². The van der Waals surface area contributed by atoms with Crippen molar-refractivity contribution in [2.75, 3.05) is 0 Å². The molecular weight excluding hydrogens is 248 g/mol. The maximum atomic E-state index is 10.6. The van der Waals surface area contributed by atoms with E-state index in [-0.39, 0.29) is 11.4 Å². The molecule has 94 valence electrons. The van der Waals surface area contributed by atoms with Crippen molar-refractivity contribution in [2.45, 2.75) is 0 Å². The molecule has 0 atom stereocenters. The van der Waals surface area contributed by atoms with E-state index in [0.29, 0.717) is 22.6 Å². The molecule has 3 rings (SSSR count). The molecule has 0 spiro atoms. The molecule has 0 aliphatic rings. The number of aromatic nitrogens is 1. The SMILES string of the molecule is O=[N+]([O-])c1ccc(-c2nc3ccc(O)cc3o2)cc1. The van der Waals surface area contributed by atoms with Gasteiger partial charge in [-0.15, -0.1) is 0 Å². The molecule has 2 aromatic carbocycles. The van der Waals surface area contributed by atoms with Crippen molar-refractivity contribution >= 4 is 16.8 Å². The van der Waals surface area contributed by atoms with E-state index >= 15 is 0 Å². The number of aromatic hydroxyl groups is 1. The van der Waals surface area contributed by atoms with Crippen molar-refractivity contribution in [3.63, 3.8) is 0 Å². The van der Waals surface area contributed by atoms with Crippen LogP contribution in [0.5, 0.6) is 5.75 Å². The first-order valence-corrected chi connectivity index (χ1v) is 5.48. The highest BCUT2D eigenvalue weighted by molar-refractivity contribution is 5.77. The predicted octanol–water partition coefficient (Wildman–Crippen LogP) is 3.11. The summed E-state index contributed by atoms with van der Waals surface area (Å²) < 4.78 is 5.49. The van der Waals surface area contributed by atoms with E-state index in [4.69, 9.17) is 4.42 Å². The van der Waals surface area contributed by atoms with Gasteiger partial charge in [-0.2, -0.15) is 0 Å². The van der Waals surface area contributed by atoms with Gasteiger partial charge < -0.3 is 9.52 Å². The Hall–Kier alpha value is -2.89. The Kier molecular flexibility index (Phi) is 2.42. The second kappa shape index (κ2) is 4.09. The number of nitrogens with zero attached hydrogens (tertiary/aromatic N) is 2. The van der Waals surface area contributed by atoms with E-state index in [1.807, 2.05) is 0 Å². The van der Waals surface area contributed by atoms with Crippen LogP contribution in [0.3, 0.4) is 0 Å². The summed E-state index contributed by atoms with van der Waals surface area (Å²) in [6.07, 6.45) is 0. The number of rotatable bonds is 2. The molecule has 1 aromatic heterocycles. The number of nitro groups is 1. The molecule has 3 aromatic rings. The molecule has 0 bridgehead atoms. The van der Waals surface area contributed by atoms with Crippen molar-refractivity contribution < 1.29 is 14.4 Å². The highest BCUT2D eigenvalue weighted by Gasteiger charge is 2.10. The van der Waals surface area contributed by atoms with Gasteiger partial charge in [0.05, 0.1) is 4.92 Å². The number of hydrogen-bond donors (Lipinski definition) is 1. The number of benzene rings is 2. The molecule has 0 saturated carbocycles. The van der Waals surface area contributed by atoms with Crippen LogP contribution >= 0.6 is 0 Å². The van der Waals surface area contributed by atoms with Crippen LogP contribution in [0.25, 0.3) is 22.6 Å². The molecule has 0 amide bonds. The van der Waals surface area contributed by atoms with Gasteiger partial charge in [0.15, 0.2) is 5.58 Å². The fourth-order valence-electron chi connectivity index (χ4n) is 1.76. The zero-order valence-corrected chi connectivity index (χ0v) is 9.61. The minimum absolute atomic E-state index is 0.0116. The Bertz CT molecular complexity index is 762. The molecule has 1 heterocycles. The molecule has 0 aliphatic carbocycles. The number of oxazole rings is 1. The van der Waals surface area contributed by atoms with Gasteiger partial charge in [0.1, 0.15) is 11.3 Å². The van der Waals surface area contributed by atoms with Crippen LogP contribution < -0.4 is 0 Å². The number of phenolic OH excluding ortho intramolecular Hbond substituents is 1.